The van der Waals surface area contributed by atoms with Crippen molar-refractivity contribution in [3.05, 3.63) is 77.4 Å². The van der Waals surface area contributed by atoms with Gasteiger partial charge in [0, 0.05) is 37.3 Å². The summed E-state index contributed by atoms with van der Waals surface area (Å²) in [6, 6.07) is 13.3. The summed E-state index contributed by atoms with van der Waals surface area (Å²) >= 11 is 0. The molecule has 0 saturated carbocycles. The first-order valence-corrected chi connectivity index (χ1v) is 16.8. The van der Waals surface area contributed by atoms with Crippen LogP contribution in [0.3, 0.4) is 0 Å². The van der Waals surface area contributed by atoms with Gasteiger partial charge in [-0.25, -0.2) is 22.0 Å². The number of hydrogen-bond donors (Lipinski definition) is 4. The van der Waals surface area contributed by atoms with Gasteiger partial charge in [0.15, 0.2) is 0 Å². The zero-order valence-electron chi connectivity index (χ0n) is 26.3. The number of methoxy groups -OCH3 is 1. The first kappa shape index (κ1) is 37.3. The minimum Gasteiger partial charge on any atom is -0.494 e. The second-order valence-electron chi connectivity index (χ2n) is 11.2. The number of urea groups is 1. The van der Waals surface area contributed by atoms with Gasteiger partial charge in [-0.2, -0.15) is 0 Å². The summed E-state index contributed by atoms with van der Waals surface area (Å²) in [5.41, 5.74) is 5.69. The predicted octanol–water partition coefficient (Wildman–Crippen LogP) is 6.00. The Hall–Kier alpha value is -4.14. The van der Waals surface area contributed by atoms with E-state index in [2.05, 4.69) is 27.2 Å². The first-order valence-electron chi connectivity index (χ1n) is 14.9. The van der Waals surface area contributed by atoms with E-state index in [9.17, 15) is 26.8 Å². The molecule has 47 heavy (non-hydrogen) atoms. The molecule has 1 heterocycles. The highest BCUT2D eigenvalue weighted by Crippen LogP contribution is 2.33. The molecular formula is C32H40ClF2N5O6S. The number of halogens is 3. The standard InChI is InChI=1S/C32H39F2N5O6S.ClH/c1-4-5-6-22-15-21(36-32(41)37-29-17-25(31(35)40)26(33)18-27(29)34)13-14-39(22)19-20-7-9-23(10-8-20)45-24-11-12-28(30(16-24)44-2)38-46(3,42)43;/h7-12,16-18,21-22,38H,4-6,13-15,19H2,1-3H3,(H2,35,40)(H2,36,37,41);1H. The summed E-state index contributed by atoms with van der Waals surface area (Å²) in [7, 11) is -2.02. The molecule has 0 radical (unpaired) electrons. The number of hydrogen-bond acceptors (Lipinski definition) is 7. The lowest BCUT2D eigenvalue weighted by atomic mass is 9.93. The van der Waals surface area contributed by atoms with Crippen molar-refractivity contribution >= 4 is 45.7 Å². The van der Waals surface area contributed by atoms with E-state index in [-0.39, 0.29) is 30.2 Å². The van der Waals surface area contributed by atoms with Crippen LogP contribution in [0, 0.1) is 11.6 Å². The van der Waals surface area contributed by atoms with Gasteiger partial charge in [-0.05, 0) is 55.2 Å². The zero-order chi connectivity index (χ0) is 33.4. The first-order chi connectivity index (χ1) is 21.8. The molecule has 0 bridgehead atoms. The molecule has 1 aliphatic heterocycles. The molecule has 1 saturated heterocycles. The lowest BCUT2D eigenvalue weighted by Crippen LogP contribution is -2.50. The van der Waals surface area contributed by atoms with Gasteiger partial charge in [0.25, 0.3) is 5.91 Å². The maximum Gasteiger partial charge on any atom is 0.319 e. The van der Waals surface area contributed by atoms with Crippen molar-refractivity contribution in [1.82, 2.24) is 10.2 Å². The summed E-state index contributed by atoms with van der Waals surface area (Å²) in [5.74, 6) is -1.76. The number of rotatable bonds is 13. The average molecular weight is 696 g/mol. The van der Waals surface area contributed by atoms with Crippen LogP contribution < -0.4 is 30.6 Å². The molecule has 256 valence electrons. The van der Waals surface area contributed by atoms with Gasteiger partial charge in [0.1, 0.15) is 28.9 Å². The number of unbranched alkanes of at least 4 members (excludes halogenated alkanes) is 1. The molecule has 3 amide bonds. The van der Waals surface area contributed by atoms with Crippen molar-refractivity contribution in [3.63, 3.8) is 0 Å². The van der Waals surface area contributed by atoms with Gasteiger partial charge in [0.2, 0.25) is 10.0 Å². The van der Waals surface area contributed by atoms with E-state index < -0.39 is 39.2 Å². The number of nitrogens with two attached hydrogens (primary N) is 1. The summed E-state index contributed by atoms with van der Waals surface area (Å²) in [4.78, 5) is 26.5. The molecule has 15 heteroatoms. The Labute approximate surface area is 279 Å². The molecule has 1 aliphatic rings. The Morgan fingerprint density at radius 3 is 2.36 bits per heavy atom. The van der Waals surface area contributed by atoms with Gasteiger partial charge in [-0.1, -0.05) is 31.9 Å². The number of amides is 3. The van der Waals surface area contributed by atoms with Gasteiger partial charge in [-0.15, -0.1) is 12.4 Å². The number of carbonyl (C=O) groups excluding carboxylic acids is 2. The highest BCUT2D eigenvalue weighted by Gasteiger charge is 2.29. The normalized spacial score (nSPS) is 16.4. The van der Waals surface area contributed by atoms with E-state index in [1.807, 2.05) is 24.3 Å². The fourth-order valence-electron chi connectivity index (χ4n) is 5.41. The van der Waals surface area contributed by atoms with Crippen LogP contribution >= 0.6 is 12.4 Å². The number of benzene rings is 3. The minimum atomic E-state index is -3.47. The number of primary amides is 1. The maximum atomic E-state index is 14.2. The number of anilines is 2. The average Bonchev–Trinajstić information content (AvgIpc) is 2.99. The van der Waals surface area contributed by atoms with Crippen LogP contribution in [-0.2, 0) is 16.6 Å². The van der Waals surface area contributed by atoms with Crippen molar-refractivity contribution in [2.24, 2.45) is 5.73 Å². The number of piperidine rings is 1. The van der Waals surface area contributed by atoms with E-state index >= 15 is 0 Å². The highest BCUT2D eigenvalue weighted by atomic mass is 35.5. The van der Waals surface area contributed by atoms with E-state index in [1.54, 1.807) is 18.2 Å². The number of likely N-dealkylation sites (tertiary alicyclic amines) is 1. The molecule has 3 aromatic rings. The van der Waals surface area contributed by atoms with Crippen molar-refractivity contribution in [2.75, 3.05) is 29.9 Å². The van der Waals surface area contributed by atoms with Crippen LogP contribution in [0.2, 0.25) is 0 Å². The van der Waals surface area contributed by atoms with Crippen molar-refractivity contribution in [3.8, 4) is 17.2 Å². The van der Waals surface area contributed by atoms with Crippen molar-refractivity contribution in [1.29, 1.82) is 0 Å². The topological polar surface area (TPSA) is 152 Å². The number of nitrogens with zero attached hydrogens (tertiary/aromatic N) is 1. The molecule has 2 atom stereocenters. The van der Waals surface area contributed by atoms with E-state index in [0.717, 1.165) is 43.7 Å². The summed E-state index contributed by atoms with van der Waals surface area (Å²) in [6.07, 6.45) is 5.41. The molecule has 3 aromatic carbocycles. The van der Waals surface area contributed by atoms with Gasteiger partial charge < -0.3 is 25.8 Å². The van der Waals surface area contributed by atoms with E-state index in [4.69, 9.17) is 15.2 Å². The summed E-state index contributed by atoms with van der Waals surface area (Å²) in [5, 5.41) is 5.26. The van der Waals surface area contributed by atoms with Gasteiger partial charge >= 0.3 is 6.03 Å². The predicted molar refractivity (Wildman–Crippen MR) is 179 cm³/mol. The third kappa shape index (κ3) is 10.7. The fraction of sp³-hybridized carbons (Fsp3) is 0.375. The van der Waals surface area contributed by atoms with Crippen molar-refractivity contribution in [2.45, 2.75) is 57.7 Å². The Morgan fingerprint density at radius 2 is 1.72 bits per heavy atom. The molecule has 0 aliphatic carbocycles. The summed E-state index contributed by atoms with van der Waals surface area (Å²) in [6.45, 7) is 3.55. The zero-order valence-corrected chi connectivity index (χ0v) is 28.0. The number of nitrogens with one attached hydrogen (secondary N) is 3. The third-order valence-corrected chi connectivity index (χ3v) is 8.24. The second kappa shape index (κ2) is 16.6. The van der Waals surface area contributed by atoms with Gasteiger partial charge in [-0.3, -0.25) is 14.4 Å². The monoisotopic (exact) mass is 695 g/mol. The Kier molecular flexibility index (Phi) is 13.2. The molecular weight excluding hydrogens is 656 g/mol. The Bertz CT molecular complexity index is 1660. The molecule has 4 rings (SSSR count). The van der Waals surface area contributed by atoms with Crippen LogP contribution in [0.15, 0.2) is 54.6 Å². The Balaban J connectivity index is 0.00000600. The lowest BCUT2D eigenvalue weighted by molar-refractivity contribution is 0.0996. The van der Waals surface area contributed by atoms with E-state index in [1.165, 1.54) is 7.11 Å². The largest absolute Gasteiger partial charge is 0.494 e. The van der Waals surface area contributed by atoms with Crippen molar-refractivity contribution < 1.29 is 36.3 Å². The molecule has 11 nitrogen and oxygen atoms in total. The number of sulfonamides is 1. The summed E-state index contributed by atoms with van der Waals surface area (Å²) < 4.78 is 65.0. The SMILES string of the molecule is CCCCC1CC(NC(=O)Nc2cc(C(N)=O)c(F)cc2F)CCN1Cc1ccc(Oc2ccc(NS(C)(=O)=O)c(OC)c2)cc1.Cl. The van der Waals surface area contributed by atoms with Gasteiger partial charge in [0.05, 0.1) is 30.3 Å². The Morgan fingerprint density at radius 1 is 1.02 bits per heavy atom. The van der Waals surface area contributed by atoms with E-state index in [0.29, 0.717) is 48.4 Å². The fourth-order valence-corrected chi connectivity index (χ4v) is 5.98. The minimum absolute atomic E-state index is 0. The molecule has 5 N–H and O–H groups in total. The third-order valence-electron chi connectivity index (χ3n) is 7.65. The van der Waals surface area contributed by atoms with Crippen LogP contribution in [-0.4, -0.2) is 57.3 Å². The second-order valence-corrected chi connectivity index (χ2v) is 13.0. The molecule has 0 spiro atoms. The highest BCUT2D eigenvalue weighted by molar-refractivity contribution is 7.92. The molecule has 1 fully saturated rings. The van der Waals surface area contributed by atoms with Crippen LogP contribution in [0.5, 0.6) is 17.2 Å². The molecule has 0 aromatic heterocycles. The van der Waals surface area contributed by atoms with Crippen LogP contribution in [0.4, 0.5) is 25.0 Å². The maximum absolute atomic E-state index is 14.2. The van der Waals surface area contributed by atoms with Crippen LogP contribution in [0.1, 0.15) is 54.9 Å². The van der Waals surface area contributed by atoms with Crippen LogP contribution in [0.25, 0.3) is 0 Å². The quantitative estimate of drug-likeness (QED) is 0.171. The lowest BCUT2D eigenvalue weighted by Gasteiger charge is -2.40. The smallest absolute Gasteiger partial charge is 0.319 e. The number of carbonyl (C=O) groups is 2. The number of ether oxygens (including phenoxy) is 2. The molecule has 2 unspecified atom stereocenters.